The van der Waals surface area contributed by atoms with E-state index >= 15 is 0 Å². The lowest BCUT2D eigenvalue weighted by atomic mass is 10.1. The zero-order valence-electron chi connectivity index (χ0n) is 18.0. The van der Waals surface area contributed by atoms with Gasteiger partial charge in [-0.3, -0.25) is 14.2 Å². The van der Waals surface area contributed by atoms with Crippen LogP contribution in [0.15, 0.2) is 69.9 Å². The normalized spacial score (nSPS) is 10.8. The number of nitrogens with zero attached hydrogens (tertiary/aromatic N) is 2. The molecule has 0 saturated carbocycles. The Balaban J connectivity index is 1.57. The summed E-state index contributed by atoms with van der Waals surface area (Å²) in [5.74, 6) is -0.834. The molecule has 2 aromatic heterocycles. The van der Waals surface area contributed by atoms with Gasteiger partial charge in [0.15, 0.2) is 5.16 Å². The lowest BCUT2D eigenvalue weighted by molar-refractivity contribution is -0.113. The summed E-state index contributed by atoms with van der Waals surface area (Å²) in [4.78, 5) is 42.4. The smallest absolute Gasteiger partial charge is 0.339 e. The first kappa shape index (κ1) is 22.8. The highest BCUT2D eigenvalue weighted by Crippen LogP contribution is 2.23. The van der Waals surface area contributed by atoms with Gasteiger partial charge >= 0.3 is 5.97 Å². The molecule has 1 N–H and O–H groups in total. The monoisotopic (exact) mass is 479 g/mol. The lowest BCUT2D eigenvalue weighted by Crippen LogP contribution is -2.24. The van der Waals surface area contributed by atoms with Crippen molar-refractivity contribution in [2.75, 3.05) is 18.2 Å². The summed E-state index contributed by atoms with van der Waals surface area (Å²) in [6, 6.07) is 16.4. The molecule has 0 radical (unpaired) electrons. The van der Waals surface area contributed by atoms with Gasteiger partial charge in [0, 0.05) is 0 Å². The number of nitrogens with one attached hydrogen (secondary N) is 1. The summed E-state index contributed by atoms with van der Waals surface area (Å²) in [6.45, 7) is 2.36. The molecule has 0 unspecified atom stereocenters. The predicted octanol–water partition coefficient (Wildman–Crippen LogP) is 4.33. The number of amides is 1. The number of carbonyl (C=O) groups is 2. The first-order chi connectivity index (χ1) is 16.0. The molecule has 0 bridgehead atoms. The number of benzene rings is 2. The first-order valence-electron chi connectivity index (χ1n) is 10.1. The summed E-state index contributed by atoms with van der Waals surface area (Å²) >= 11 is 2.53. The van der Waals surface area contributed by atoms with Gasteiger partial charge in [-0.1, -0.05) is 53.7 Å². The number of ether oxygens (including phenoxy) is 1. The Labute approximate surface area is 198 Å². The average molecular weight is 480 g/mol. The lowest BCUT2D eigenvalue weighted by Gasteiger charge is -2.13. The van der Waals surface area contributed by atoms with Crippen molar-refractivity contribution in [2.45, 2.75) is 18.6 Å². The summed E-state index contributed by atoms with van der Waals surface area (Å²) in [6.07, 6.45) is 0. The Hall–Kier alpha value is -3.43. The zero-order valence-corrected chi connectivity index (χ0v) is 19.7. The van der Waals surface area contributed by atoms with Crippen LogP contribution >= 0.6 is 23.1 Å². The fraction of sp³-hybridized carbons (Fsp3) is 0.167. The van der Waals surface area contributed by atoms with Crippen LogP contribution in [0.5, 0.6) is 0 Å². The molecule has 0 fully saturated rings. The van der Waals surface area contributed by atoms with Crippen molar-refractivity contribution in [1.82, 2.24) is 9.55 Å². The second kappa shape index (κ2) is 10.0. The number of thiophene rings is 1. The molecular weight excluding hydrogens is 458 g/mol. The van der Waals surface area contributed by atoms with E-state index in [-0.39, 0.29) is 22.8 Å². The number of para-hydroxylation sites is 1. The molecule has 2 aromatic carbocycles. The number of aryl methyl sites for hydroxylation is 1. The number of methoxy groups -OCH3 is 1. The molecule has 0 atom stereocenters. The maximum absolute atomic E-state index is 13.1. The quantitative estimate of drug-likeness (QED) is 0.241. The molecule has 7 nitrogen and oxygen atoms in total. The van der Waals surface area contributed by atoms with Crippen molar-refractivity contribution in [2.24, 2.45) is 0 Å². The van der Waals surface area contributed by atoms with Gasteiger partial charge in [0.1, 0.15) is 4.70 Å². The van der Waals surface area contributed by atoms with E-state index in [0.29, 0.717) is 27.6 Å². The fourth-order valence-corrected chi connectivity index (χ4v) is 4.82. The highest BCUT2D eigenvalue weighted by atomic mass is 32.2. The van der Waals surface area contributed by atoms with Crippen LogP contribution in [0.4, 0.5) is 5.69 Å². The standard InChI is InChI=1S/C24H21N3O4S2/c1-15-7-9-16(10-8-15)13-27-22(29)21-19(11-12-32-21)26-24(27)33-14-20(28)25-18-6-4-3-5-17(18)23(30)31-2/h3-12H,13-14H2,1-2H3,(H,25,28). The molecule has 1 amide bonds. The van der Waals surface area contributed by atoms with E-state index in [2.05, 4.69) is 10.3 Å². The predicted molar refractivity (Wildman–Crippen MR) is 131 cm³/mol. The van der Waals surface area contributed by atoms with Crippen molar-refractivity contribution >= 4 is 50.9 Å². The van der Waals surface area contributed by atoms with Crippen LogP contribution in [0.3, 0.4) is 0 Å². The van der Waals surface area contributed by atoms with E-state index in [0.717, 1.165) is 11.1 Å². The molecular formula is C24H21N3O4S2. The second-order valence-electron chi connectivity index (χ2n) is 7.28. The number of carbonyl (C=O) groups excluding carboxylic acids is 2. The molecule has 0 saturated heterocycles. The van der Waals surface area contributed by atoms with Crippen molar-refractivity contribution in [3.63, 3.8) is 0 Å². The third-order valence-corrected chi connectivity index (χ3v) is 6.80. The van der Waals surface area contributed by atoms with Crippen LogP contribution in [0, 0.1) is 6.92 Å². The molecule has 9 heteroatoms. The van der Waals surface area contributed by atoms with Gasteiger partial charge < -0.3 is 10.1 Å². The van der Waals surface area contributed by atoms with Crippen LogP contribution in [-0.2, 0) is 16.1 Å². The van der Waals surface area contributed by atoms with E-state index in [4.69, 9.17) is 4.74 Å². The third-order valence-electron chi connectivity index (χ3n) is 4.93. The molecule has 0 aliphatic rings. The van der Waals surface area contributed by atoms with E-state index in [1.807, 2.05) is 36.6 Å². The largest absolute Gasteiger partial charge is 0.465 e. The Bertz CT molecular complexity index is 1380. The molecule has 0 aliphatic carbocycles. The molecule has 4 aromatic rings. The summed E-state index contributed by atoms with van der Waals surface area (Å²) in [5, 5.41) is 5.04. The first-order valence-corrected chi connectivity index (χ1v) is 12.0. The van der Waals surface area contributed by atoms with E-state index in [1.165, 1.54) is 30.2 Å². The average Bonchev–Trinajstić information content (AvgIpc) is 3.30. The summed E-state index contributed by atoms with van der Waals surface area (Å²) in [7, 11) is 1.29. The topological polar surface area (TPSA) is 90.3 Å². The highest BCUT2D eigenvalue weighted by Gasteiger charge is 2.17. The van der Waals surface area contributed by atoms with Crippen LogP contribution in [0.25, 0.3) is 10.2 Å². The number of anilines is 1. The van der Waals surface area contributed by atoms with Crippen molar-refractivity contribution in [3.8, 4) is 0 Å². The molecule has 4 rings (SSSR count). The fourth-order valence-electron chi connectivity index (χ4n) is 3.25. The Morgan fingerprint density at radius 3 is 2.64 bits per heavy atom. The molecule has 33 heavy (non-hydrogen) atoms. The minimum absolute atomic E-state index is 0.0193. The van der Waals surface area contributed by atoms with Crippen LogP contribution in [-0.4, -0.2) is 34.3 Å². The van der Waals surface area contributed by atoms with E-state index in [1.54, 1.807) is 34.9 Å². The molecule has 0 aliphatic heterocycles. The molecule has 168 valence electrons. The maximum Gasteiger partial charge on any atom is 0.339 e. The number of hydrogen-bond acceptors (Lipinski definition) is 7. The SMILES string of the molecule is COC(=O)c1ccccc1NC(=O)CSc1nc2ccsc2c(=O)n1Cc1ccc(C)cc1. The number of thioether (sulfide) groups is 1. The molecule has 0 spiro atoms. The van der Waals surface area contributed by atoms with Crippen LogP contribution in [0.2, 0.25) is 0 Å². The van der Waals surface area contributed by atoms with Gasteiger partial charge in [-0.15, -0.1) is 11.3 Å². The van der Waals surface area contributed by atoms with E-state index in [9.17, 15) is 14.4 Å². The number of aromatic nitrogens is 2. The van der Waals surface area contributed by atoms with Gasteiger partial charge in [-0.25, -0.2) is 9.78 Å². The van der Waals surface area contributed by atoms with Crippen molar-refractivity contribution in [1.29, 1.82) is 0 Å². The van der Waals surface area contributed by atoms with E-state index < -0.39 is 5.97 Å². The Morgan fingerprint density at radius 1 is 1.12 bits per heavy atom. The number of hydrogen-bond donors (Lipinski definition) is 1. The van der Waals surface area contributed by atoms with Crippen LogP contribution < -0.4 is 10.9 Å². The maximum atomic E-state index is 13.1. The Kier molecular flexibility index (Phi) is 6.90. The van der Waals surface area contributed by atoms with Crippen molar-refractivity contribution in [3.05, 3.63) is 87.0 Å². The summed E-state index contributed by atoms with van der Waals surface area (Å²) in [5.41, 5.74) is 3.23. The van der Waals surface area contributed by atoms with Gasteiger partial charge in [0.05, 0.1) is 36.2 Å². The van der Waals surface area contributed by atoms with Gasteiger partial charge in [-0.2, -0.15) is 0 Å². The van der Waals surface area contributed by atoms with Crippen molar-refractivity contribution < 1.29 is 14.3 Å². The van der Waals surface area contributed by atoms with Gasteiger partial charge in [0.2, 0.25) is 5.91 Å². The Morgan fingerprint density at radius 2 is 1.88 bits per heavy atom. The number of esters is 1. The van der Waals surface area contributed by atoms with Gasteiger partial charge in [-0.05, 0) is 36.1 Å². The molecule has 2 heterocycles. The summed E-state index contributed by atoms with van der Waals surface area (Å²) < 4.78 is 6.96. The minimum Gasteiger partial charge on any atom is -0.465 e. The van der Waals surface area contributed by atoms with Gasteiger partial charge in [0.25, 0.3) is 5.56 Å². The number of fused-ring (bicyclic) bond motifs is 1. The second-order valence-corrected chi connectivity index (χ2v) is 9.14. The zero-order chi connectivity index (χ0) is 23.4. The van der Waals surface area contributed by atoms with Crippen LogP contribution in [0.1, 0.15) is 21.5 Å². The third kappa shape index (κ3) is 5.15. The highest BCUT2D eigenvalue weighted by molar-refractivity contribution is 7.99. The minimum atomic E-state index is -0.532. The number of rotatable bonds is 7.